The first-order valence-electron chi connectivity index (χ1n) is 10.0. The molecule has 154 valence electrons. The Hall–Kier alpha value is -2.97. The molecule has 9 heteroatoms. The minimum absolute atomic E-state index is 0.00622. The Bertz CT molecular complexity index is 859. The van der Waals surface area contributed by atoms with Crippen molar-refractivity contribution in [2.24, 2.45) is 11.3 Å². The quantitative estimate of drug-likeness (QED) is 0.603. The molecule has 0 unspecified atom stereocenters. The van der Waals surface area contributed by atoms with Crippen LogP contribution >= 0.6 is 0 Å². The fraction of sp³-hybridized carbons (Fsp3) is 0.550. The molecule has 29 heavy (non-hydrogen) atoms. The van der Waals surface area contributed by atoms with Crippen molar-refractivity contribution in [2.45, 2.75) is 32.1 Å². The maximum absolute atomic E-state index is 13.1. The first-order chi connectivity index (χ1) is 14.1. The number of carbonyl (C=O) groups excluding carboxylic acids is 2. The summed E-state index contributed by atoms with van der Waals surface area (Å²) >= 11 is 0. The normalized spacial score (nSPS) is 17.5. The van der Waals surface area contributed by atoms with Crippen LogP contribution in [0.3, 0.4) is 0 Å². The molecule has 0 spiro atoms. The summed E-state index contributed by atoms with van der Waals surface area (Å²) in [6.45, 7) is 1.47. The molecule has 2 aromatic rings. The molecule has 1 aromatic carbocycles. The van der Waals surface area contributed by atoms with Crippen molar-refractivity contribution in [3.8, 4) is 5.75 Å². The van der Waals surface area contributed by atoms with Crippen molar-refractivity contribution >= 4 is 11.8 Å². The summed E-state index contributed by atoms with van der Waals surface area (Å²) in [5, 5.41) is 16.8. The van der Waals surface area contributed by atoms with Gasteiger partial charge in [-0.2, -0.15) is 5.21 Å². The largest absolute Gasteiger partial charge is 0.497 e. The fourth-order valence-corrected chi connectivity index (χ4v) is 3.86. The number of nitrogens with zero attached hydrogens (tertiary/aromatic N) is 4. The van der Waals surface area contributed by atoms with Gasteiger partial charge in [-0.15, -0.1) is 10.2 Å². The van der Waals surface area contributed by atoms with E-state index < -0.39 is 5.41 Å². The van der Waals surface area contributed by atoms with Gasteiger partial charge in [0.2, 0.25) is 11.8 Å². The van der Waals surface area contributed by atoms with E-state index in [4.69, 9.17) is 4.74 Å². The van der Waals surface area contributed by atoms with Crippen molar-refractivity contribution < 1.29 is 14.3 Å². The highest BCUT2D eigenvalue weighted by atomic mass is 16.5. The number of aromatic amines is 1. The zero-order valence-electron chi connectivity index (χ0n) is 16.6. The summed E-state index contributed by atoms with van der Waals surface area (Å²) in [6, 6.07) is 7.77. The van der Waals surface area contributed by atoms with Crippen LogP contribution in [0.1, 0.15) is 30.7 Å². The third-order valence-corrected chi connectivity index (χ3v) is 5.64. The molecule has 0 radical (unpaired) electrons. The molecule has 2 aliphatic rings. The Morgan fingerprint density at radius 1 is 1.34 bits per heavy atom. The van der Waals surface area contributed by atoms with Gasteiger partial charge in [-0.3, -0.25) is 9.59 Å². The highest BCUT2D eigenvalue weighted by Crippen LogP contribution is 2.40. The summed E-state index contributed by atoms with van der Waals surface area (Å²) in [6.07, 6.45) is 3.90. The molecule has 4 rings (SSSR count). The summed E-state index contributed by atoms with van der Waals surface area (Å²) < 4.78 is 5.31. The van der Waals surface area contributed by atoms with Crippen molar-refractivity contribution in [1.82, 2.24) is 30.8 Å². The third kappa shape index (κ3) is 4.38. The second-order valence-corrected chi connectivity index (χ2v) is 7.96. The number of H-pyrrole nitrogens is 1. The van der Waals surface area contributed by atoms with Crippen LogP contribution in [-0.4, -0.2) is 64.1 Å². The summed E-state index contributed by atoms with van der Waals surface area (Å²) in [7, 11) is 1.63. The van der Waals surface area contributed by atoms with Crippen molar-refractivity contribution in [3.05, 3.63) is 35.7 Å². The molecule has 1 aliphatic heterocycles. The molecular formula is C20H26N6O3. The average molecular weight is 398 g/mol. The van der Waals surface area contributed by atoms with E-state index >= 15 is 0 Å². The average Bonchev–Trinajstić information content (AvgIpc) is 3.43. The number of amides is 2. The van der Waals surface area contributed by atoms with E-state index in [2.05, 4.69) is 25.9 Å². The van der Waals surface area contributed by atoms with E-state index in [1.54, 1.807) is 7.11 Å². The van der Waals surface area contributed by atoms with Crippen molar-refractivity contribution in [1.29, 1.82) is 0 Å². The molecule has 1 aliphatic carbocycles. The number of aromatic nitrogens is 4. The van der Waals surface area contributed by atoms with Gasteiger partial charge in [-0.1, -0.05) is 17.3 Å². The maximum atomic E-state index is 13.1. The summed E-state index contributed by atoms with van der Waals surface area (Å²) in [4.78, 5) is 27.3. The first kappa shape index (κ1) is 19.4. The Balaban J connectivity index is 1.38. The molecule has 2 amide bonds. The van der Waals surface area contributed by atoms with Crippen LogP contribution in [0.2, 0.25) is 0 Å². The molecule has 2 heterocycles. The predicted octanol–water partition coefficient (Wildman–Crippen LogP) is 0.738. The zero-order valence-corrected chi connectivity index (χ0v) is 16.6. The number of carbonyl (C=O) groups is 2. The fourth-order valence-electron chi connectivity index (χ4n) is 3.86. The lowest BCUT2D eigenvalue weighted by Crippen LogP contribution is -2.66. The van der Waals surface area contributed by atoms with Crippen molar-refractivity contribution in [2.75, 3.05) is 26.7 Å². The number of hydrogen-bond acceptors (Lipinski definition) is 6. The van der Waals surface area contributed by atoms with Gasteiger partial charge in [-0.25, -0.2) is 0 Å². The lowest BCUT2D eigenvalue weighted by Gasteiger charge is -2.49. The van der Waals surface area contributed by atoms with Crippen LogP contribution in [0.25, 0.3) is 0 Å². The van der Waals surface area contributed by atoms with E-state index in [1.165, 1.54) is 0 Å². The van der Waals surface area contributed by atoms with Crippen molar-refractivity contribution in [3.63, 3.8) is 0 Å². The maximum Gasteiger partial charge on any atom is 0.230 e. The van der Waals surface area contributed by atoms with Gasteiger partial charge in [0, 0.05) is 32.0 Å². The molecule has 9 nitrogen and oxygen atoms in total. The van der Waals surface area contributed by atoms with Gasteiger partial charge in [0.05, 0.1) is 12.5 Å². The van der Waals surface area contributed by atoms with E-state index in [1.807, 2.05) is 29.2 Å². The summed E-state index contributed by atoms with van der Waals surface area (Å²) in [5.74, 6) is 1.76. The smallest absolute Gasteiger partial charge is 0.230 e. The molecule has 1 saturated carbocycles. The van der Waals surface area contributed by atoms with Gasteiger partial charge < -0.3 is 15.0 Å². The number of benzene rings is 1. The monoisotopic (exact) mass is 398 g/mol. The van der Waals surface area contributed by atoms with E-state index in [-0.39, 0.29) is 17.7 Å². The second kappa shape index (κ2) is 8.18. The SMILES string of the molecule is COc1cccc(CC2(C(=O)NCCCc3nn[nH]n3)CN(C(=O)C3CC3)C2)c1. The van der Waals surface area contributed by atoms with Crippen LogP contribution < -0.4 is 10.1 Å². The highest BCUT2D eigenvalue weighted by Gasteiger charge is 2.52. The van der Waals surface area contributed by atoms with Gasteiger partial charge in [-0.05, 0) is 43.4 Å². The van der Waals surface area contributed by atoms with Gasteiger partial charge in [0.1, 0.15) is 5.75 Å². The van der Waals surface area contributed by atoms with Crippen LogP contribution in [0.5, 0.6) is 5.75 Å². The minimum atomic E-state index is -0.594. The number of ether oxygens (including phenoxy) is 1. The van der Waals surface area contributed by atoms with Gasteiger partial charge in [0.25, 0.3) is 0 Å². The highest BCUT2D eigenvalue weighted by molar-refractivity contribution is 5.89. The standard InChI is InChI=1S/C20H26N6O3/c1-29-16-5-2-4-14(10-16)11-20(12-26(13-20)18(27)15-7-8-15)19(28)21-9-3-6-17-22-24-25-23-17/h2,4-5,10,15H,3,6-9,11-13H2,1H3,(H,21,28)(H,22,23,24,25). The third-order valence-electron chi connectivity index (χ3n) is 5.64. The lowest BCUT2D eigenvalue weighted by molar-refractivity contribution is -0.154. The van der Waals surface area contributed by atoms with Crippen LogP contribution in [0, 0.1) is 11.3 Å². The van der Waals surface area contributed by atoms with Crippen LogP contribution in [0.15, 0.2) is 24.3 Å². The predicted molar refractivity (Wildman–Crippen MR) is 104 cm³/mol. The van der Waals surface area contributed by atoms with Gasteiger partial charge >= 0.3 is 0 Å². The zero-order chi connectivity index (χ0) is 20.3. The topological polar surface area (TPSA) is 113 Å². The Morgan fingerprint density at radius 2 is 2.17 bits per heavy atom. The number of rotatable bonds is 9. The molecule has 2 N–H and O–H groups in total. The summed E-state index contributed by atoms with van der Waals surface area (Å²) in [5.41, 5.74) is 0.438. The lowest BCUT2D eigenvalue weighted by atomic mass is 9.73. The number of likely N-dealkylation sites (tertiary alicyclic amines) is 1. The van der Waals surface area contributed by atoms with E-state index in [9.17, 15) is 9.59 Å². The molecular weight excluding hydrogens is 372 g/mol. The Labute approximate surface area is 169 Å². The number of nitrogens with one attached hydrogen (secondary N) is 2. The molecule has 0 bridgehead atoms. The minimum Gasteiger partial charge on any atom is -0.497 e. The second-order valence-electron chi connectivity index (χ2n) is 7.96. The molecule has 0 atom stereocenters. The first-order valence-corrected chi connectivity index (χ1v) is 10.0. The van der Waals surface area contributed by atoms with Crippen LogP contribution in [0.4, 0.5) is 0 Å². The number of aryl methyl sites for hydroxylation is 1. The Morgan fingerprint density at radius 3 is 2.86 bits per heavy atom. The van der Waals surface area contributed by atoms with Gasteiger partial charge in [0.15, 0.2) is 5.82 Å². The number of methoxy groups -OCH3 is 1. The number of hydrogen-bond donors (Lipinski definition) is 2. The van der Waals surface area contributed by atoms with Crippen LogP contribution in [-0.2, 0) is 22.4 Å². The van der Waals surface area contributed by atoms with E-state index in [0.29, 0.717) is 38.3 Å². The molecule has 1 saturated heterocycles. The van der Waals surface area contributed by atoms with E-state index in [0.717, 1.165) is 30.6 Å². The molecule has 2 fully saturated rings. The Kier molecular flexibility index (Phi) is 5.46. The number of tetrazole rings is 1. The molecule has 1 aromatic heterocycles.